The molecule has 6 nitrogen and oxygen atoms in total. The summed E-state index contributed by atoms with van der Waals surface area (Å²) in [5.41, 5.74) is 5.38. The summed E-state index contributed by atoms with van der Waals surface area (Å²) in [6, 6.07) is 12.4. The molecular formula is C28H30F17N5O. The number of amides is 1. The lowest BCUT2D eigenvalue weighted by molar-refractivity contribution is -0.125. The van der Waals surface area contributed by atoms with Gasteiger partial charge in [0.1, 0.15) is 11.5 Å². The normalized spacial score (nSPS) is 13.9. The minimum Gasteiger partial charge on any atom is -0.342 e. The van der Waals surface area contributed by atoms with Crippen LogP contribution in [0.1, 0.15) is 54.6 Å². The van der Waals surface area contributed by atoms with Crippen LogP contribution in [0.4, 0.5) is 77.6 Å². The molecule has 2 aliphatic rings. The fourth-order valence-electron chi connectivity index (χ4n) is 4.86. The Morgan fingerprint density at radius 1 is 0.804 bits per heavy atom. The molecule has 292 valence electrons. The third-order valence-corrected chi connectivity index (χ3v) is 6.69. The van der Waals surface area contributed by atoms with Crippen molar-refractivity contribution < 1.29 is 82.4 Å². The van der Waals surface area contributed by atoms with Gasteiger partial charge in [0.15, 0.2) is 0 Å². The lowest BCUT2D eigenvalue weighted by atomic mass is 9.99. The molecule has 2 aromatic carbocycles. The SMILES string of the molecule is CCCCN1CC[C@@H](c2ccc(F)cc2)N2C(=O)/C(=C/c3ccc(-n4cnc(C)c4)c(C)c3)N=C12.FF.FF.FF.FF.FF.FF.FF.FF. The second-order valence-corrected chi connectivity index (χ2v) is 9.28. The van der Waals surface area contributed by atoms with E-state index in [-0.39, 0.29) is 17.8 Å². The highest BCUT2D eigenvalue weighted by atomic mass is 20.0. The lowest BCUT2D eigenvalue weighted by Gasteiger charge is -2.40. The number of unbranched alkanes of at least 4 members (excludes halogenated alkanes) is 1. The molecule has 1 saturated heterocycles. The summed E-state index contributed by atoms with van der Waals surface area (Å²) >= 11 is 0. The lowest BCUT2D eigenvalue weighted by Crippen LogP contribution is -2.51. The van der Waals surface area contributed by atoms with Crippen molar-refractivity contribution >= 4 is 17.9 Å². The van der Waals surface area contributed by atoms with Crippen molar-refractivity contribution in [2.45, 2.75) is 46.1 Å². The van der Waals surface area contributed by atoms with E-state index in [4.69, 9.17) is 78.2 Å². The number of aromatic nitrogens is 2. The number of hydrogen-bond donors (Lipinski definition) is 0. The zero-order valence-electron chi connectivity index (χ0n) is 26.5. The van der Waals surface area contributed by atoms with E-state index in [9.17, 15) is 9.18 Å². The van der Waals surface area contributed by atoms with Crippen molar-refractivity contribution in [1.82, 2.24) is 19.4 Å². The Hall–Kier alpha value is -4.86. The van der Waals surface area contributed by atoms with Gasteiger partial charge in [0.05, 0.1) is 18.1 Å². The van der Waals surface area contributed by atoms with Crippen LogP contribution in [0.5, 0.6) is 0 Å². The highest BCUT2D eigenvalue weighted by molar-refractivity contribution is 6.14. The molecule has 51 heavy (non-hydrogen) atoms. The molecule has 0 unspecified atom stereocenters. The van der Waals surface area contributed by atoms with Gasteiger partial charge in [-0.05, 0) is 73.7 Å². The number of carbonyl (C=O) groups is 1. The zero-order valence-corrected chi connectivity index (χ0v) is 26.5. The second-order valence-electron chi connectivity index (χ2n) is 9.28. The molecule has 0 spiro atoms. The number of imidazole rings is 1. The number of hydrogen-bond acceptors (Lipinski definition) is 4. The van der Waals surface area contributed by atoms with Gasteiger partial charge in [-0.15, -0.1) is 0 Å². The quantitative estimate of drug-likeness (QED) is 0.185. The number of guanidine groups is 1. The topological polar surface area (TPSA) is 53.7 Å². The molecule has 1 atom stereocenters. The molecule has 0 radical (unpaired) electrons. The monoisotopic (exact) mass is 775 g/mol. The Labute approximate surface area is 279 Å². The average Bonchev–Trinajstić information content (AvgIpc) is 3.79. The van der Waals surface area contributed by atoms with E-state index in [1.807, 2.05) is 35.9 Å². The third kappa shape index (κ3) is 16.1. The molecule has 0 saturated carbocycles. The molecule has 1 aromatic heterocycles. The smallest absolute Gasteiger partial charge is 0.279 e. The maximum absolute atomic E-state index is 13.6. The summed E-state index contributed by atoms with van der Waals surface area (Å²) in [5.74, 6) is 0.320. The van der Waals surface area contributed by atoms with Gasteiger partial charge in [-0.1, -0.05) is 31.5 Å². The number of benzene rings is 2. The molecule has 3 heterocycles. The van der Waals surface area contributed by atoms with Gasteiger partial charge in [-0.3, -0.25) is 9.69 Å². The van der Waals surface area contributed by atoms with Crippen LogP contribution in [-0.4, -0.2) is 44.3 Å². The minimum absolute atomic E-state index is 0.109. The highest BCUT2D eigenvalue weighted by Crippen LogP contribution is 2.36. The number of aliphatic imine (C=N–C) groups is 1. The van der Waals surface area contributed by atoms with Gasteiger partial charge in [0, 0.05) is 98.2 Å². The van der Waals surface area contributed by atoms with Crippen LogP contribution in [0.25, 0.3) is 11.8 Å². The van der Waals surface area contributed by atoms with Crippen molar-refractivity contribution in [1.29, 1.82) is 0 Å². The van der Waals surface area contributed by atoms with Crippen molar-refractivity contribution in [3.63, 3.8) is 0 Å². The van der Waals surface area contributed by atoms with Crippen LogP contribution < -0.4 is 0 Å². The van der Waals surface area contributed by atoms with Gasteiger partial charge in [0.2, 0.25) is 5.96 Å². The Bertz CT molecular complexity index is 1350. The Morgan fingerprint density at radius 2 is 1.35 bits per heavy atom. The van der Waals surface area contributed by atoms with Crippen LogP contribution in [0.2, 0.25) is 0 Å². The van der Waals surface area contributed by atoms with E-state index < -0.39 is 0 Å². The van der Waals surface area contributed by atoms with Crippen LogP contribution in [0.3, 0.4) is 0 Å². The van der Waals surface area contributed by atoms with Crippen molar-refractivity contribution in [2.24, 2.45) is 4.99 Å². The fraction of sp³-hybridized carbons (Fsp3) is 0.321. The highest BCUT2D eigenvalue weighted by Gasteiger charge is 2.42. The number of nitrogens with zero attached hydrogens (tertiary/aromatic N) is 5. The van der Waals surface area contributed by atoms with Crippen molar-refractivity contribution in [3.05, 3.63) is 88.9 Å². The second kappa shape index (κ2) is 33.6. The summed E-state index contributed by atoms with van der Waals surface area (Å²) in [5, 5.41) is 0. The summed E-state index contributed by atoms with van der Waals surface area (Å²) in [6.07, 6.45) is 8.56. The third-order valence-electron chi connectivity index (χ3n) is 6.69. The molecule has 1 amide bonds. The Balaban J connectivity index is -0.000000611. The van der Waals surface area contributed by atoms with E-state index in [0.717, 1.165) is 60.4 Å². The molecule has 0 aliphatic carbocycles. The Morgan fingerprint density at radius 3 is 1.82 bits per heavy atom. The van der Waals surface area contributed by atoms with Gasteiger partial charge >= 0.3 is 0 Å². The number of carbonyl (C=O) groups excluding carboxylic acids is 1. The van der Waals surface area contributed by atoms with E-state index in [0.29, 0.717) is 11.7 Å². The van der Waals surface area contributed by atoms with Crippen molar-refractivity contribution in [3.8, 4) is 5.69 Å². The summed E-state index contributed by atoms with van der Waals surface area (Å²) in [7, 11) is 0. The first-order valence-electron chi connectivity index (χ1n) is 13.3. The predicted molar refractivity (Wildman–Crippen MR) is 153 cm³/mol. The first kappa shape index (κ1) is 52.9. The molecule has 3 aromatic rings. The summed E-state index contributed by atoms with van der Waals surface area (Å²) in [6.45, 7) is 7.85. The van der Waals surface area contributed by atoms with Crippen LogP contribution >= 0.6 is 0 Å². The molecule has 23 heteroatoms. The standard InChI is InChI=1S/C28H30FN5O.8F2/c1-4-5-13-32-14-12-26(22-7-9-23(29)10-8-22)34-27(35)24(31-28(32)34)16-21-6-11-25(19(2)15-21)33-17-20(3)30-18-33;8*1-2/h6-11,15-18,26H,4-5,12-14H2,1-3H3;;;;;;;;/b24-16-;;;;;;;;/t26-;;;;;;;;/m0......../s1. The van der Waals surface area contributed by atoms with E-state index in [2.05, 4.69) is 29.8 Å². The number of rotatable bonds is 6. The maximum atomic E-state index is 13.6. The molecular weight excluding hydrogens is 745 g/mol. The van der Waals surface area contributed by atoms with Gasteiger partial charge in [0.25, 0.3) is 5.91 Å². The van der Waals surface area contributed by atoms with Gasteiger partial charge < -0.3 is 9.47 Å². The fourth-order valence-corrected chi connectivity index (χ4v) is 4.86. The van der Waals surface area contributed by atoms with Crippen molar-refractivity contribution in [2.75, 3.05) is 13.1 Å². The molecule has 5 rings (SSSR count). The van der Waals surface area contributed by atoms with E-state index >= 15 is 0 Å². The molecule has 0 N–H and O–H groups in total. The molecule has 0 bridgehead atoms. The summed E-state index contributed by atoms with van der Waals surface area (Å²) < 4.78 is 144. The van der Waals surface area contributed by atoms with Crippen LogP contribution in [0, 0.1) is 19.7 Å². The Kier molecular flexibility index (Phi) is 34.9. The predicted octanol–water partition coefficient (Wildman–Crippen LogP) is 12.1. The first-order valence-corrected chi connectivity index (χ1v) is 13.3. The van der Waals surface area contributed by atoms with Crippen LogP contribution in [0.15, 0.2) is 65.7 Å². The molecule has 1 fully saturated rings. The van der Waals surface area contributed by atoms with E-state index in [1.54, 1.807) is 23.4 Å². The number of aryl methyl sites for hydroxylation is 2. The average molecular weight is 776 g/mol. The molecule has 2 aliphatic heterocycles. The first-order chi connectivity index (χ1) is 24.9. The minimum atomic E-state index is -0.277. The summed E-state index contributed by atoms with van der Waals surface area (Å²) in [4.78, 5) is 26.8. The van der Waals surface area contributed by atoms with Gasteiger partial charge in [-0.2, -0.15) is 0 Å². The number of halogens is 17. The largest absolute Gasteiger partial charge is 0.342 e. The zero-order chi connectivity index (χ0) is 40.5. The van der Waals surface area contributed by atoms with Crippen LogP contribution in [-0.2, 0) is 4.79 Å². The maximum Gasteiger partial charge on any atom is 0.279 e. The number of fused-ring (bicyclic) bond motifs is 1. The van der Waals surface area contributed by atoms with Gasteiger partial charge in [-0.25, -0.2) is 14.4 Å². The van der Waals surface area contributed by atoms with E-state index in [1.165, 1.54) is 12.1 Å².